The molecular formula is C8H20Cl4N4O2P2S. The van der Waals surface area contributed by atoms with Crippen molar-refractivity contribution in [3.63, 3.8) is 0 Å². The predicted octanol–water partition coefficient (Wildman–Crippen LogP) is 5.76. The van der Waals surface area contributed by atoms with Gasteiger partial charge in [-0.1, -0.05) is 27.7 Å². The minimum absolute atomic E-state index is 0.467. The lowest BCUT2D eigenvalue weighted by Crippen LogP contribution is -2.16. The summed E-state index contributed by atoms with van der Waals surface area (Å²) in [5.41, 5.74) is 0. The second-order valence-corrected chi connectivity index (χ2v) is 15.7. The van der Waals surface area contributed by atoms with Crippen LogP contribution < -0.4 is 0 Å². The van der Waals surface area contributed by atoms with Crippen LogP contribution in [0.1, 0.15) is 27.7 Å². The molecule has 0 bridgehead atoms. The average molecular weight is 440 g/mol. The maximum Gasteiger partial charge on any atom is 0.367 e. The van der Waals surface area contributed by atoms with Crippen LogP contribution in [0.3, 0.4) is 0 Å². The summed E-state index contributed by atoms with van der Waals surface area (Å²) in [5.74, 6) is -6.41. The van der Waals surface area contributed by atoms with Gasteiger partial charge in [-0.2, -0.15) is 8.42 Å². The molecule has 0 N–H and O–H groups in total. The Hall–Kier alpha value is 1.49. The van der Waals surface area contributed by atoms with Gasteiger partial charge in [-0.15, -0.1) is 8.30 Å². The minimum atomic E-state index is -4.29. The van der Waals surface area contributed by atoms with Gasteiger partial charge in [0.25, 0.3) is 0 Å². The fourth-order valence-electron chi connectivity index (χ4n) is 1.50. The first-order valence-corrected chi connectivity index (χ1v) is 14.7. The van der Waals surface area contributed by atoms with Crippen LogP contribution in [-0.2, 0) is 10.2 Å². The maximum atomic E-state index is 12.1. The minimum Gasteiger partial charge on any atom is -0.246 e. The van der Waals surface area contributed by atoms with Gasteiger partial charge in [-0.05, 0) is 45.0 Å². The molecule has 0 rings (SSSR count). The van der Waals surface area contributed by atoms with Gasteiger partial charge < -0.3 is 0 Å². The summed E-state index contributed by atoms with van der Waals surface area (Å²) in [7, 11) is -4.29. The molecule has 0 aromatic rings. The van der Waals surface area contributed by atoms with E-state index < -0.39 is 22.0 Å². The number of hydrogen-bond donors (Lipinski definition) is 0. The van der Waals surface area contributed by atoms with E-state index in [1.807, 2.05) is 0 Å². The topological polar surface area (TPSA) is 65.3 Å². The summed E-state index contributed by atoms with van der Waals surface area (Å²) in [4.78, 5) is 0. The molecule has 0 aliphatic carbocycles. The Bertz CT molecular complexity index is 494. The van der Waals surface area contributed by atoms with Crippen molar-refractivity contribution < 1.29 is 8.42 Å². The average Bonchev–Trinajstić information content (AvgIpc) is 2.27. The van der Waals surface area contributed by atoms with E-state index in [1.54, 1.807) is 37.0 Å². The summed E-state index contributed by atoms with van der Waals surface area (Å²) in [5, 5.41) is 0. The molecule has 0 fully saturated rings. The molecule has 0 unspecified atom stereocenters. The second kappa shape index (κ2) is 9.10. The smallest absolute Gasteiger partial charge is 0.246 e. The Morgan fingerprint density at radius 2 is 1.00 bits per heavy atom. The van der Waals surface area contributed by atoms with E-state index in [-0.39, 0.29) is 0 Å². The Morgan fingerprint density at radius 3 is 1.19 bits per heavy atom. The molecule has 0 atom stereocenters. The molecule has 0 aliphatic heterocycles. The lowest BCUT2D eigenvalue weighted by Gasteiger charge is -2.24. The lowest BCUT2D eigenvalue weighted by molar-refractivity contribution is 0.513. The van der Waals surface area contributed by atoms with Gasteiger partial charge in [0.15, 0.2) is 0 Å². The highest BCUT2D eigenvalue weighted by Crippen LogP contribution is 2.66. The van der Waals surface area contributed by atoms with Gasteiger partial charge in [0.2, 0.25) is 11.8 Å². The zero-order valence-corrected chi connectivity index (χ0v) is 17.9. The molecule has 13 heteroatoms. The summed E-state index contributed by atoms with van der Waals surface area (Å²) < 4.78 is 34.3. The van der Waals surface area contributed by atoms with Crippen LogP contribution >= 0.6 is 56.8 Å². The quantitative estimate of drug-likeness (QED) is 0.450. The third-order valence-corrected chi connectivity index (χ3v) is 13.0. The SMILES string of the molecule is CCN(CC)P(Cl)(Cl)=NS(=O)(=O)N=P(Cl)(Cl)N(CC)CC. The molecule has 6 nitrogen and oxygen atoms in total. The zero-order chi connectivity index (χ0) is 16.9. The monoisotopic (exact) mass is 438 g/mol. The molecule has 128 valence electrons. The summed E-state index contributed by atoms with van der Waals surface area (Å²) in [6, 6.07) is 0. The summed E-state index contributed by atoms with van der Waals surface area (Å²) in [6.07, 6.45) is 0. The first kappa shape index (κ1) is 22.5. The van der Waals surface area contributed by atoms with Crippen molar-refractivity contribution >= 4 is 67.0 Å². The van der Waals surface area contributed by atoms with Gasteiger partial charge in [0.05, 0.1) is 0 Å². The Balaban J connectivity index is 5.81. The largest absolute Gasteiger partial charge is 0.367 e. The normalized spacial score (nSPS) is 13.8. The van der Waals surface area contributed by atoms with Crippen molar-refractivity contribution in [2.24, 2.45) is 8.30 Å². The Kier molecular flexibility index (Phi) is 9.74. The van der Waals surface area contributed by atoms with Crippen LogP contribution in [0.15, 0.2) is 8.30 Å². The molecule has 0 saturated heterocycles. The number of hydrogen-bond acceptors (Lipinski definition) is 2. The van der Waals surface area contributed by atoms with Crippen LogP contribution in [0.25, 0.3) is 0 Å². The third-order valence-electron chi connectivity index (χ3n) is 2.54. The van der Waals surface area contributed by atoms with Crippen molar-refractivity contribution in [2.45, 2.75) is 27.7 Å². The highest BCUT2D eigenvalue weighted by molar-refractivity contribution is 8.16. The van der Waals surface area contributed by atoms with Crippen molar-refractivity contribution in [1.82, 2.24) is 9.34 Å². The third kappa shape index (κ3) is 7.28. The first-order valence-electron chi connectivity index (χ1n) is 6.27. The van der Waals surface area contributed by atoms with E-state index in [0.29, 0.717) is 26.2 Å². The second-order valence-electron chi connectivity index (χ2n) is 3.80. The molecule has 0 aromatic heterocycles. The predicted molar refractivity (Wildman–Crippen MR) is 96.9 cm³/mol. The molecule has 21 heavy (non-hydrogen) atoms. The summed E-state index contributed by atoms with van der Waals surface area (Å²) >= 11 is 24.3. The molecule has 0 aromatic carbocycles. The number of halogens is 4. The molecular weight excluding hydrogens is 420 g/mol. The maximum absolute atomic E-state index is 12.1. The molecule has 0 spiro atoms. The van der Waals surface area contributed by atoms with Gasteiger partial charge in [0.1, 0.15) is 0 Å². The summed E-state index contributed by atoms with van der Waals surface area (Å²) in [6.45, 7) is 9.08. The van der Waals surface area contributed by atoms with E-state index in [1.165, 1.54) is 0 Å². The fraction of sp³-hybridized carbons (Fsp3) is 1.00. The number of rotatable bonds is 8. The van der Waals surface area contributed by atoms with Gasteiger partial charge >= 0.3 is 10.2 Å². The molecule has 0 amide bonds. The zero-order valence-electron chi connectivity index (χ0n) is 12.2. The van der Waals surface area contributed by atoms with E-state index in [9.17, 15) is 8.42 Å². The van der Waals surface area contributed by atoms with Crippen LogP contribution in [0.5, 0.6) is 0 Å². The van der Waals surface area contributed by atoms with Crippen LogP contribution in [0.2, 0.25) is 0 Å². The van der Waals surface area contributed by atoms with Gasteiger partial charge in [-0.25, -0.2) is 9.34 Å². The van der Waals surface area contributed by atoms with E-state index in [0.717, 1.165) is 0 Å². The molecule has 0 heterocycles. The molecule has 0 radical (unpaired) electrons. The van der Waals surface area contributed by atoms with Crippen molar-refractivity contribution in [3.05, 3.63) is 0 Å². The van der Waals surface area contributed by atoms with E-state index >= 15 is 0 Å². The van der Waals surface area contributed by atoms with Crippen LogP contribution in [-0.4, -0.2) is 43.9 Å². The lowest BCUT2D eigenvalue weighted by atomic mass is 10.7. The molecule has 0 saturated carbocycles. The van der Waals surface area contributed by atoms with Crippen molar-refractivity contribution in [1.29, 1.82) is 0 Å². The van der Waals surface area contributed by atoms with Crippen molar-refractivity contribution in [3.8, 4) is 0 Å². The highest BCUT2D eigenvalue weighted by atomic mass is 35.9. The standard InChI is InChI=1S/C8H20Cl4N4O2P2S/c1-5-15(6-2)19(9,10)13-21(17,18)14-20(11,12)16(7-3)8-4/h5-8H2,1-4H3. The number of nitrogens with zero attached hydrogens (tertiary/aromatic N) is 4. The first-order chi connectivity index (χ1) is 9.45. The van der Waals surface area contributed by atoms with Crippen LogP contribution in [0, 0.1) is 0 Å². The highest BCUT2D eigenvalue weighted by Gasteiger charge is 2.28. The van der Waals surface area contributed by atoms with Gasteiger partial charge in [-0.3, -0.25) is 0 Å². The molecule has 0 aliphatic rings. The van der Waals surface area contributed by atoms with Gasteiger partial charge in [0, 0.05) is 26.2 Å². The Labute approximate surface area is 146 Å². The van der Waals surface area contributed by atoms with Crippen molar-refractivity contribution in [2.75, 3.05) is 26.2 Å². The van der Waals surface area contributed by atoms with E-state index in [2.05, 4.69) is 8.30 Å². The van der Waals surface area contributed by atoms with Crippen LogP contribution in [0.4, 0.5) is 0 Å². The van der Waals surface area contributed by atoms with E-state index in [4.69, 9.17) is 45.0 Å². The fourth-order valence-corrected chi connectivity index (χ4v) is 11.5. The Morgan fingerprint density at radius 1 is 0.762 bits per heavy atom.